The molecule has 0 aliphatic heterocycles. The molecule has 1 radical (unpaired) electrons. The van der Waals surface area contributed by atoms with Gasteiger partial charge in [-0.2, -0.15) is 0 Å². The first-order valence-electron chi connectivity index (χ1n) is 4.94. The van der Waals surface area contributed by atoms with Crippen LogP contribution in [0.15, 0.2) is 53.0 Å². The molecule has 0 amide bonds. The molecular weight excluding hydrogens is 248 g/mol. The van der Waals surface area contributed by atoms with Gasteiger partial charge in [-0.05, 0) is 42.2 Å². The van der Waals surface area contributed by atoms with Gasteiger partial charge in [0.1, 0.15) is 0 Å². The molecule has 1 heteroatoms. The molecule has 0 atom stereocenters. The second-order valence-electron chi connectivity index (χ2n) is 3.46. The lowest BCUT2D eigenvalue weighted by atomic mass is 10.0. The molecule has 0 saturated carbocycles. The topological polar surface area (TPSA) is 0 Å². The van der Waals surface area contributed by atoms with E-state index in [0.29, 0.717) is 0 Å². The Hall–Kier alpha value is -1.08. The Morgan fingerprint density at radius 1 is 0.933 bits per heavy atom. The van der Waals surface area contributed by atoms with Crippen LogP contribution in [0.1, 0.15) is 5.56 Å². The third kappa shape index (κ3) is 2.48. The minimum atomic E-state index is 0.846. The van der Waals surface area contributed by atoms with Crippen LogP contribution in [-0.4, -0.2) is 0 Å². The summed E-state index contributed by atoms with van der Waals surface area (Å²) in [5, 5.41) is 0. The van der Waals surface area contributed by atoms with Gasteiger partial charge in [-0.25, -0.2) is 0 Å². The first-order chi connectivity index (χ1) is 7.29. The van der Waals surface area contributed by atoms with Crippen molar-refractivity contribution in [3.63, 3.8) is 0 Å². The largest absolute Gasteiger partial charge is 0.0605 e. The monoisotopic (exact) mass is 259 g/mol. The van der Waals surface area contributed by atoms with Gasteiger partial charge in [0.05, 0.1) is 0 Å². The molecule has 0 N–H and O–H groups in total. The molecule has 0 bridgehead atoms. The van der Waals surface area contributed by atoms with Gasteiger partial charge in [0.25, 0.3) is 0 Å². The first kappa shape index (κ1) is 10.4. The zero-order valence-electron chi connectivity index (χ0n) is 8.41. The van der Waals surface area contributed by atoms with E-state index in [-0.39, 0.29) is 0 Å². The predicted octanol–water partition coefficient (Wildman–Crippen LogP) is 4.49. The lowest BCUT2D eigenvalue weighted by Crippen LogP contribution is -1.81. The average molecular weight is 260 g/mol. The maximum atomic E-state index is 3.86. The fourth-order valence-corrected chi connectivity index (χ4v) is 1.93. The van der Waals surface area contributed by atoms with Gasteiger partial charge >= 0.3 is 0 Å². The van der Waals surface area contributed by atoms with Crippen LogP contribution >= 0.6 is 15.9 Å². The summed E-state index contributed by atoms with van der Waals surface area (Å²) < 4.78 is 1.11. The van der Waals surface area contributed by atoms with Crippen LogP contribution in [0, 0.1) is 6.92 Å². The molecule has 2 aromatic rings. The van der Waals surface area contributed by atoms with Crippen molar-refractivity contribution in [2.75, 3.05) is 0 Å². The van der Waals surface area contributed by atoms with Gasteiger partial charge in [-0.15, -0.1) is 0 Å². The molecule has 75 valence electrons. The Balaban J connectivity index is 2.37. The molecular formula is C14H12Br. The molecule has 0 saturated heterocycles. The Bertz CT molecular complexity index is 443. The Kier molecular flexibility index (Phi) is 3.22. The molecule has 0 unspecified atom stereocenters. The zero-order valence-corrected chi connectivity index (χ0v) is 10.00. The van der Waals surface area contributed by atoms with Gasteiger partial charge in [-0.1, -0.05) is 52.3 Å². The number of benzene rings is 2. The van der Waals surface area contributed by atoms with E-state index < -0.39 is 0 Å². The number of halogens is 1. The summed E-state index contributed by atoms with van der Waals surface area (Å²) >= 11 is 3.48. The van der Waals surface area contributed by atoms with E-state index in [9.17, 15) is 0 Å². The standard InChI is InChI=1S/C14H12Br/c1-2-11-6-8-12(9-7-11)13-4-3-5-14(15)10-13/h3-10H,1-2H2. The molecule has 0 spiro atoms. The van der Waals surface area contributed by atoms with E-state index in [0.717, 1.165) is 10.9 Å². The SMILES string of the molecule is [CH2]Cc1ccc(-c2cccc(Br)c2)cc1. The number of rotatable bonds is 2. The Labute approximate surface area is 99.1 Å². The van der Waals surface area contributed by atoms with Crippen molar-refractivity contribution in [3.8, 4) is 11.1 Å². The molecule has 2 rings (SSSR count). The summed E-state index contributed by atoms with van der Waals surface area (Å²) in [4.78, 5) is 0. The predicted molar refractivity (Wildman–Crippen MR) is 68.6 cm³/mol. The van der Waals surface area contributed by atoms with Crippen LogP contribution < -0.4 is 0 Å². The van der Waals surface area contributed by atoms with Crippen LogP contribution in [0.25, 0.3) is 11.1 Å². The molecule has 0 fully saturated rings. The van der Waals surface area contributed by atoms with Crippen molar-refractivity contribution >= 4 is 15.9 Å². The van der Waals surface area contributed by atoms with Crippen molar-refractivity contribution in [1.29, 1.82) is 0 Å². The summed E-state index contributed by atoms with van der Waals surface area (Å²) in [7, 11) is 0. The number of hydrogen-bond acceptors (Lipinski definition) is 0. The third-order valence-electron chi connectivity index (χ3n) is 2.40. The molecule has 0 aliphatic rings. The van der Waals surface area contributed by atoms with Crippen molar-refractivity contribution in [1.82, 2.24) is 0 Å². The van der Waals surface area contributed by atoms with E-state index in [1.165, 1.54) is 16.7 Å². The minimum Gasteiger partial charge on any atom is -0.0605 e. The van der Waals surface area contributed by atoms with Crippen molar-refractivity contribution in [2.24, 2.45) is 0 Å². The van der Waals surface area contributed by atoms with Crippen molar-refractivity contribution in [3.05, 3.63) is 65.5 Å². The van der Waals surface area contributed by atoms with E-state index >= 15 is 0 Å². The summed E-state index contributed by atoms with van der Waals surface area (Å²) in [6.45, 7) is 3.86. The Morgan fingerprint density at radius 2 is 1.67 bits per heavy atom. The molecule has 0 nitrogen and oxygen atoms in total. The lowest BCUT2D eigenvalue weighted by molar-refractivity contribution is 1.27. The maximum absolute atomic E-state index is 3.86. The van der Waals surface area contributed by atoms with Crippen LogP contribution in [0.2, 0.25) is 0 Å². The smallest absolute Gasteiger partial charge is 0.0181 e. The quantitative estimate of drug-likeness (QED) is 0.746. The van der Waals surface area contributed by atoms with Crippen molar-refractivity contribution in [2.45, 2.75) is 6.42 Å². The minimum absolute atomic E-state index is 0.846. The highest BCUT2D eigenvalue weighted by Crippen LogP contribution is 2.23. The van der Waals surface area contributed by atoms with Crippen LogP contribution in [0.5, 0.6) is 0 Å². The van der Waals surface area contributed by atoms with E-state index in [1.807, 2.05) is 6.07 Å². The van der Waals surface area contributed by atoms with Crippen LogP contribution in [-0.2, 0) is 6.42 Å². The lowest BCUT2D eigenvalue weighted by Gasteiger charge is -2.03. The summed E-state index contributed by atoms with van der Waals surface area (Å²) in [6, 6.07) is 16.9. The van der Waals surface area contributed by atoms with E-state index in [4.69, 9.17) is 0 Å². The fourth-order valence-electron chi connectivity index (χ4n) is 1.53. The normalized spacial score (nSPS) is 10.3. The fraction of sp³-hybridized carbons (Fsp3) is 0.0714. The second kappa shape index (κ2) is 4.63. The van der Waals surface area contributed by atoms with Crippen LogP contribution in [0.3, 0.4) is 0 Å². The third-order valence-corrected chi connectivity index (χ3v) is 2.89. The zero-order chi connectivity index (χ0) is 10.7. The molecule has 0 aromatic heterocycles. The summed E-state index contributed by atoms with van der Waals surface area (Å²) in [5.41, 5.74) is 3.75. The first-order valence-corrected chi connectivity index (χ1v) is 5.73. The maximum Gasteiger partial charge on any atom is 0.0181 e. The average Bonchev–Trinajstić information content (AvgIpc) is 2.29. The van der Waals surface area contributed by atoms with Gasteiger partial charge in [-0.3, -0.25) is 0 Å². The van der Waals surface area contributed by atoms with Gasteiger partial charge in [0.15, 0.2) is 0 Å². The summed E-state index contributed by atoms with van der Waals surface area (Å²) in [5.74, 6) is 0. The van der Waals surface area contributed by atoms with Gasteiger partial charge in [0.2, 0.25) is 0 Å². The highest BCUT2D eigenvalue weighted by Gasteiger charge is 1.97. The van der Waals surface area contributed by atoms with Gasteiger partial charge < -0.3 is 0 Å². The molecule has 2 aromatic carbocycles. The van der Waals surface area contributed by atoms with E-state index in [1.54, 1.807) is 0 Å². The van der Waals surface area contributed by atoms with Crippen LogP contribution in [0.4, 0.5) is 0 Å². The summed E-state index contributed by atoms with van der Waals surface area (Å²) in [6.07, 6.45) is 0.846. The molecule has 15 heavy (non-hydrogen) atoms. The number of hydrogen-bond donors (Lipinski definition) is 0. The second-order valence-corrected chi connectivity index (χ2v) is 4.37. The van der Waals surface area contributed by atoms with Gasteiger partial charge in [0, 0.05) is 4.47 Å². The highest BCUT2D eigenvalue weighted by molar-refractivity contribution is 9.10. The highest BCUT2D eigenvalue weighted by atomic mass is 79.9. The Morgan fingerprint density at radius 3 is 2.27 bits per heavy atom. The molecule has 0 aliphatic carbocycles. The molecule has 0 heterocycles. The van der Waals surface area contributed by atoms with Crippen molar-refractivity contribution < 1.29 is 0 Å². The van der Waals surface area contributed by atoms with E-state index in [2.05, 4.69) is 65.3 Å².